The van der Waals surface area contributed by atoms with Crippen LogP contribution in [-0.4, -0.2) is 30.5 Å². The number of hydrogen-bond acceptors (Lipinski definition) is 2. The summed E-state index contributed by atoms with van der Waals surface area (Å²) >= 11 is 0. The van der Waals surface area contributed by atoms with E-state index >= 15 is 0 Å². The molecule has 0 heterocycles. The molecule has 0 aliphatic rings. The minimum absolute atomic E-state index is 0.114. The van der Waals surface area contributed by atoms with Gasteiger partial charge in [-0.3, -0.25) is 4.79 Å². The fraction of sp³-hybridized carbons (Fsp3) is 0.417. The van der Waals surface area contributed by atoms with Crippen LogP contribution in [0.5, 0.6) is 5.75 Å². The summed E-state index contributed by atoms with van der Waals surface area (Å²) in [5, 5.41) is 0. The molecule has 0 radical (unpaired) electrons. The van der Waals surface area contributed by atoms with Gasteiger partial charge in [0.1, 0.15) is 0 Å². The quantitative estimate of drug-likeness (QED) is 0.767. The van der Waals surface area contributed by atoms with E-state index in [-0.39, 0.29) is 18.3 Å². The summed E-state index contributed by atoms with van der Waals surface area (Å²) < 4.78 is 18.3. The maximum Gasteiger partial charge on any atom is 0.260 e. The Bertz CT molecular complexity index is 351. The Morgan fingerprint density at radius 3 is 2.50 bits per heavy atom. The molecule has 1 aromatic rings. The predicted molar refractivity (Wildman–Crippen MR) is 59.8 cm³/mol. The van der Waals surface area contributed by atoms with Crippen molar-refractivity contribution in [3.63, 3.8) is 0 Å². The van der Waals surface area contributed by atoms with Crippen molar-refractivity contribution in [3.05, 3.63) is 30.1 Å². The van der Waals surface area contributed by atoms with E-state index in [1.807, 2.05) is 13.8 Å². The molecule has 0 unspecified atom stereocenters. The second kappa shape index (κ2) is 6.10. The molecule has 1 amide bonds. The number of carbonyl (C=O) groups is 1. The average molecular weight is 225 g/mol. The molecule has 0 aromatic heterocycles. The zero-order chi connectivity index (χ0) is 12.0. The minimum atomic E-state index is -0.449. The van der Waals surface area contributed by atoms with Crippen molar-refractivity contribution in [1.82, 2.24) is 4.90 Å². The third-order valence-corrected chi connectivity index (χ3v) is 2.30. The lowest BCUT2D eigenvalue weighted by Crippen LogP contribution is -2.34. The van der Waals surface area contributed by atoms with Gasteiger partial charge < -0.3 is 9.64 Å². The summed E-state index contributed by atoms with van der Waals surface area (Å²) in [5.74, 6) is -0.467. The van der Waals surface area contributed by atoms with Gasteiger partial charge in [0.05, 0.1) is 0 Å². The fourth-order valence-corrected chi connectivity index (χ4v) is 1.37. The Labute approximate surface area is 94.8 Å². The zero-order valence-electron chi connectivity index (χ0n) is 9.57. The Balaban J connectivity index is 2.52. The van der Waals surface area contributed by atoms with E-state index in [1.165, 1.54) is 12.1 Å². The summed E-state index contributed by atoms with van der Waals surface area (Å²) in [7, 11) is 0. The molecule has 88 valence electrons. The zero-order valence-corrected chi connectivity index (χ0v) is 9.57. The maximum atomic E-state index is 13.2. The minimum Gasteiger partial charge on any atom is -0.481 e. The SMILES string of the molecule is CCN(CC)C(=O)COc1ccccc1F. The second-order valence-corrected chi connectivity index (χ2v) is 3.29. The molecule has 0 bridgehead atoms. The number of likely N-dealkylation sites (N-methyl/N-ethyl adjacent to an activating group) is 1. The van der Waals surface area contributed by atoms with Gasteiger partial charge in [0, 0.05) is 13.1 Å². The van der Waals surface area contributed by atoms with Crippen LogP contribution in [-0.2, 0) is 4.79 Å². The highest BCUT2D eigenvalue weighted by atomic mass is 19.1. The first-order chi connectivity index (χ1) is 7.69. The summed E-state index contributed by atoms with van der Waals surface area (Å²) in [6.45, 7) is 4.93. The van der Waals surface area contributed by atoms with Gasteiger partial charge in [-0.05, 0) is 26.0 Å². The lowest BCUT2D eigenvalue weighted by molar-refractivity contribution is -0.133. The highest BCUT2D eigenvalue weighted by Gasteiger charge is 2.11. The van der Waals surface area contributed by atoms with Gasteiger partial charge in [0.25, 0.3) is 5.91 Å². The van der Waals surface area contributed by atoms with Crippen molar-refractivity contribution in [3.8, 4) is 5.75 Å². The number of nitrogens with zero attached hydrogens (tertiary/aromatic N) is 1. The highest BCUT2D eigenvalue weighted by molar-refractivity contribution is 5.77. The van der Waals surface area contributed by atoms with Gasteiger partial charge >= 0.3 is 0 Å². The summed E-state index contributed by atoms with van der Waals surface area (Å²) in [6.07, 6.45) is 0. The van der Waals surface area contributed by atoms with Crippen molar-refractivity contribution in [2.75, 3.05) is 19.7 Å². The maximum absolute atomic E-state index is 13.2. The Morgan fingerprint density at radius 2 is 1.94 bits per heavy atom. The first kappa shape index (κ1) is 12.5. The summed E-state index contributed by atoms with van der Waals surface area (Å²) in [4.78, 5) is 13.2. The Kier molecular flexibility index (Phi) is 4.76. The average Bonchev–Trinajstić information content (AvgIpc) is 2.29. The van der Waals surface area contributed by atoms with Crippen LogP contribution < -0.4 is 4.74 Å². The number of carbonyl (C=O) groups excluding carboxylic acids is 1. The van der Waals surface area contributed by atoms with Crippen LogP contribution in [0, 0.1) is 5.82 Å². The lowest BCUT2D eigenvalue weighted by Gasteiger charge is -2.18. The molecule has 1 rings (SSSR count). The van der Waals surface area contributed by atoms with Crippen LogP contribution in [0.4, 0.5) is 4.39 Å². The van der Waals surface area contributed by atoms with Crippen LogP contribution >= 0.6 is 0 Å². The molecular formula is C12H16FNO2. The van der Waals surface area contributed by atoms with Crippen molar-refractivity contribution >= 4 is 5.91 Å². The Hall–Kier alpha value is -1.58. The van der Waals surface area contributed by atoms with Crippen LogP contribution in [0.3, 0.4) is 0 Å². The molecule has 0 N–H and O–H groups in total. The van der Waals surface area contributed by atoms with E-state index in [2.05, 4.69) is 0 Å². The van der Waals surface area contributed by atoms with E-state index in [1.54, 1.807) is 17.0 Å². The van der Waals surface area contributed by atoms with E-state index in [0.717, 1.165) is 0 Å². The molecule has 0 spiro atoms. The number of para-hydroxylation sites is 1. The highest BCUT2D eigenvalue weighted by Crippen LogP contribution is 2.15. The van der Waals surface area contributed by atoms with Gasteiger partial charge in [-0.25, -0.2) is 4.39 Å². The van der Waals surface area contributed by atoms with Gasteiger partial charge in [0.15, 0.2) is 18.2 Å². The first-order valence-corrected chi connectivity index (χ1v) is 5.34. The monoisotopic (exact) mass is 225 g/mol. The van der Waals surface area contributed by atoms with Gasteiger partial charge in [0.2, 0.25) is 0 Å². The number of rotatable bonds is 5. The normalized spacial score (nSPS) is 9.94. The third kappa shape index (κ3) is 3.22. The Morgan fingerprint density at radius 1 is 1.31 bits per heavy atom. The second-order valence-electron chi connectivity index (χ2n) is 3.29. The van der Waals surface area contributed by atoms with Crippen LogP contribution in [0.15, 0.2) is 24.3 Å². The topological polar surface area (TPSA) is 29.5 Å². The fourth-order valence-electron chi connectivity index (χ4n) is 1.37. The molecule has 0 fully saturated rings. The number of ether oxygens (including phenoxy) is 1. The van der Waals surface area contributed by atoms with Crippen molar-refractivity contribution in [1.29, 1.82) is 0 Å². The van der Waals surface area contributed by atoms with E-state index < -0.39 is 5.82 Å². The largest absolute Gasteiger partial charge is 0.481 e. The third-order valence-electron chi connectivity index (χ3n) is 2.30. The smallest absolute Gasteiger partial charge is 0.260 e. The van der Waals surface area contributed by atoms with Crippen LogP contribution in [0.25, 0.3) is 0 Å². The van der Waals surface area contributed by atoms with Gasteiger partial charge in [-0.2, -0.15) is 0 Å². The molecule has 3 nitrogen and oxygen atoms in total. The van der Waals surface area contributed by atoms with Crippen LogP contribution in [0.2, 0.25) is 0 Å². The van der Waals surface area contributed by atoms with Crippen molar-refractivity contribution in [2.24, 2.45) is 0 Å². The van der Waals surface area contributed by atoms with Crippen molar-refractivity contribution in [2.45, 2.75) is 13.8 Å². The molecule has 16 heavy (non-hydrogen) atoms. The van der Waals surface area contributed by atoms with Gasteiger partial charge in [-0.15, -0.1) is 0 Å². The predicted octanol–water partition coefficient (Wildman–Crippen LogP) is 2.07. The lowest BCUT2D eigenvalue weighted by atomic mass is 10.3. The molecule has 4 heteroatoms. The molecule has 0 saturated carbocycles. The number of hydrogen-bond donors (Lipinski definition) is 0. The summed E-state index contributed by atoms with van der Waals surface area (Å²) in [6, 6.07) is 6.05. The van der Waals surface area contributed by atoms with E-state index in [9.17, 15) is 9.18 Å². The standard InChI is InChI=1S/C12H16FNO2/c1-3-14(4-2)12(15)9-16-11-8-6-5-7-10(11)13/h5-8H,3-4,9H2,1-2H3. The van der Waals surface area contributed by atoms with Crippen LogP contribution in [0.1, 0.15) is 13.8 Å². The molecular weight excluding hydrogens is 209 g/mol. The molecule has 1 aromatic carbocycles. The van der Waals surface area contributed by atoms with Gasteiger partial charge in [-0.1, -0.05) is 12.1 Å². The number of benzene rings is 1. The van der Waals surface area contributed by atoms with E-state index in [0.29, 0.717) is 13.1 Å². The summed E-state index contributed by atoms with van der Waals surface area (Å²) in [5.41, 5.74) is 0. The molecule has 0 aliphatic carbocycles. The number of halogens is 1. The first-order valence-electron chi connectivity index (χ1n) is 5.34. The van der Waals surface area contributed by atoms with E-state index in [4.69, 9.17) is 4.74 Å². The van der Waals surface area contributed by atoms with Crippen molar-refractivity contribution < 1.29 is 13.9 Å². The molecule has 0 atom stereocenters. The molecule has 0 saturated heterocycles. The molecule has 0 aliphatic heterocycles. The number of amides is 1.